The highest BCUT2D eigenvalue weighted by molar-refractivity contribution is 7.18. The Morgan fingerprint density at radius 3 is 2.56 bits per heavy atom. The van der Waals surface area contributed by atoms with E-state index >= 15 is 0 Å². The number of halogens is 1. The standard InChI is InChI=1S/C20H23ClN2O3S/c1-14(22-19(24)17-7-8-18(21)27-17)13-15-9-11-23(12-10-15)20(25)26-16-5-3-2-4-6-16/h2-8,14-15H,9-13H2,1H3,(H,22,24). The average Bonchev–Trinajstić information content (AvgIpc) is 3.09. The maximum Gasteiger partial charge on any atom is 0.415 e. The fraction of sp³-hybridized carbons (Fsp3) is 0.400. The topological polar surface area (TPSA) is 58.6 Å². The average molecular weight is 407 g/mol. The largest absolute Gasteiger partial charge is 0.415 e. The van der Waals surface area contributed by atoms with Gasteiger partial charge in [0.1, 0.15) is 5.75 Å². The normalized spacial score (nSPS) is 16.0. The van der Waals surface area contributed by atoms with Gasteiger partial charge in [-0.15, -0.1) is 11.3 Å². The van der Waals surface area contributed by atoms with E-state index in [1.54, 1.807) is 29.2 Å². The van der Waals surface area contributed by atoms with E-state index in [1.165, 1.54) is 11.3 Å². The number of carbonyl (C=O) groups excluding carboxylic acids is 2. The molecule has 0 bridgehead atoms. The lowest BCUT2D eigenvalue weighted by Crippen LogP contribution is -2.42. The predicted molar refractivity (Wildman–Crippen MR) is 108 cm³/mol. The lowest BCUT2D eigenvalue weighted by atomic mass is 9.91. The summed E-state index contributed by atoms with van der Waals surface area (Å²) in [7, 11) is 0. The number of hydrogen-bond donors (Lipinski definition) is 1. The van der Waals surface area contributed by atoms with E-state index in [4.69, 9.17) is 16.3 Å². The summed E-state index contributed by atoms with van der Waals surface area (Å²) < 4.78 is 6.01. The van der Waals surface area contributed by atoms with Gasteiger partial charge in [-0.05, 0) is 56.4 Å². The van der Waals surface area contributed by atoms with Gasteiger partial charge in [0.15, 0.2) is 0 Å². The number of amides is 2. The molecule has 2 aromatic rings. The third kappa shape index (κ3) is 5.71. The van der Waals surface area contributed by atoms with E-state index in [-0.39, 0.29) is 18.0 Å². The van der Waals surface area contributed by atoms with Crippen molar-refractivity contribution in [1.82, 2.24) is 10.2 Å². The molecular formula is C20H23ClN2O3S. The van der Waals surface area contributed by atoms with Crippen molar-refractivity contribution in [3.8, 4) is 5.75 Å². The van der Waals surface area contributed by atoms with Crippen molar-refractivity contribution < 1.29 is 14.3 Å². The number of hydrogen-bond acceptors (Lipinski definition) is 4. The summed E-state index contributed by atoms with van der Waals surface area (Å²) in [4.78, 5) is 26.8. The van der Waals surface area contributed by atoms with Crippen molar-refractivity contribution in [1.29, 1.82) is 0 Å². The molecule has 1 N–H and O–H groups in total. The van der Waals surface area contributed by atoms with Crippen molar-refractivity contribution in [2.75, 3.05) is 13.1 Å². The molecule has 3 rings (SSSR count). The molecule has 7 heteroatoms. The van der Waals surface area contributed by atoms with Gasteiger partial charge in [0.05, 0.1) is 9.21 Å². The van der Waals surface area contributed by atoms with Crippen LogP contribution in [0.15, 0.2) is 42.5 Å². The molecule has 1 atom stereocenters. The van der Waals surface area contributed by atoms with Crippen molar-refractivity contribution in [2.24, 2.45) is 5.92 Å². The summed E-state index contributed by atoms with van der Waals surface area (Å²) in [5.41, 5.74) is 0. The Kier molecular flexibility index (Phi) is 6.74. The number of para-hydroxylation sites is 1. The lowest BCUT2D eigenvalue weighted by molar-refractivity contribution is 0.0933. The molecule has 0 saturated carbocycles. The van der Waals surface area contributed by atoms with E-state index in [0.29, 0.717) is 34.0 Å². The smallest absolute Gasteiger partial charge is 0.410 e. The van der Waals surface area contributed by atoms with Gasteiger partial charge in [-0.3, -0.25) is 4.79 Å². The molecule has 27 heavy (non-hydrogen) atoms. The summed E-state index contributed by atoms with van der Waals surface area (Å²) in [5.74, 6) is 0.964. The molecule has 0 spiro atoms. The Balaban J connectivity index is 1.41. The number of thiophene rings is 1. The molecule has 144 valence electrons. The van der Waals surface area contributed by atoms with Crippen LogP contribution < -0.4 is 10.1 Å². The van der Waals surface area contributed by atoms with Crippen LogP contribution in [0.4, 0.5) is 4.79 Å². The van der Waals surface area contributed by atoms with Crippen molar-refractivity contribution in [3.63, 3.8) is 0 Å². The minimum absolute atomic E-state index is 0.0752. The van der Waals surface area contributed by atoms with Gasteiger partial charge < -0.3 is 15.0 Å². The SMILES string of the molecule is CC(CC1CCN(C(=O)Oc2ccccc2)CC1)NC(=O)c1ccc(Cl)s1. The molecule has 2 heterocycles. The number of piperidine rings is 1. The van der Waals surface area contributed by atoms with Crippen LogP contribution in [0.25, 0.3) is 0 Å². The first-order chi connectivity index (χ1) is 13.0. The van der Waals surface area contributed by atoms with Gasteiger partial charge in [-0.2, -0.15) is 0 Å². The Morgan fingerprint density at radius 2 is 1.93 bits per heavy atom. The molecular weight excluding hydrogens is 384 g/mol. The van der Waals surface area contributed by atoms with E-state index in [1.807, 2.05) is 25.1 Å². The predicted octanol–water partition coefficient (Wildman–Crippen LogP) is 4.82. The molecule has 2 amide bonds. The highest BCUT2D eigenvalue weighted by Crippen LogP contribution is 2.24. The molecule has 1 aromatic heterocycles. The summed E-state index contributed by atoms with van der Waals surface area (Å²) in [6, 6.07) is 12.7. The number of nitrogens with zero attached hydrogens (tertiary/aromatic N) is 1. The summed E-state index contributed by atoms with van der Waals surface area (Å²) in [5, 5.41) is 3.03. The second kappa shape index (κ2) is 9.24. The zero-order chi connectivity index (χ0) is 19.2. The first-order valence-corrected chi connectivity index (χ1v) is 10.3. The molecule has 1 aliphatic heterocycles. The van der Waals surface area contributed by atoms with Crippen LogP contribution in [0.5, 0.6) is 5.75 Å². The number of ether oxygens (including phenoxy) is 1. The van der Waals surface area contributed by atoms with Crippen LogP contribution in [0.1, 0.15) is 35.9 Å². The van der Waals surface area contributed by atoms with E-state index < -0.39 is 0 Å². The molecule has 5 nitrogen and oxygen atoms in total. The summed E-state index contributed by atoms with van der Waals surface area (Å²) in [6.07, 6.45) is 2.42. The summed E-state index contributed by atoms with van der Waals surface area (Å²) in [6.45, 7) is 3.37. The molecule has 1 fully saturated rings. The minimum atomic E-state index is -0.296. The van der Waals surface area contributed by atoms with Crippen LogP contribution in [0.3, 0.4) is 0 Å². The Morgan fingerprint density at radius 1 is 1.22 bits per heavy atom. The molecule has 1 unspecified atom stereocenters. The number of likely N-dealkylation sites (tertiary alicyclic amines) is 1. The maximum absolute atomic E-state index is 12.2. The highest BCUT2D eigenvalue weighted by Gasteiger charge is 2.25. The summed E-state index contributed by atoms with van der Waals surface area (Å²) >= 11 is 7.17. The minimum Gasteiger partial charge on any atom is -0.410 e. The second-order valence-electron chi connectivity index (χ2n) is 6.83. The third-order valence-corrected chi connectivity index (χ3v) is 5.91. The van der Waals surface area contributed by atoms with Crippen molar-refractivity contribution in [3.05, 3.63) is 51.7 Å². The number of carbonyl (C=O) groups is 2. The first-order valence-electron chi connectivity index (χ1n) is 9.09. The molecule has 0 radical (unpaired) electrons. The molecule has 0 aliphatic carbocycles. The van der Waals surface area contributed by atoms with Gasteiger partial charge in [0.25, 0.3) is 5.91 Å². The Labute approximate surface area is 168 Å². The Bertz CT molecular complexity index is 773. The van der Waals surface area contributed by atoms with Gasteiger partial charge in [0, 0.05) is 19.1 Å². The molecule has 1 saturated heterocycles. The van der Waals surface area contributed by atoms with Gasteiger partial charge in [-0.1, -0.05) is 29.8 Å². The molecule has 1 aromatic carbocycles. The number of rotatable bonds is 5. The Hall–Kier alpha value is -2.05. The first kappa shape index (κ1) is 19.7. The van der Waals surface area contributed by atoms with Crippen LogP contribution in [-0.2, 0) is 0 Å². The van der Waals surface area contributed by atoms with Gasteiger partial charge in [0.2, 0.25) is 0 Å². The van der Waals surface area contributed by atoms with Crippen LogP contribution in [0, 0.1) is 5.92 Å². The monoisotopic (exact) mass is 406 g/mol. The van der Waals surface area contributed by atoms with E-state index in [9.17, 15) is 9.59 Å². The fourth-order valence-corrected chi connectivity index (χ4v) is 4.24. The number of benzene rings is 1. The lowest BCUT2D eigenvalue weighted by Gasteiger charge is -2.32. The van der Waals surface area contributed by atoms with Crippen molar-refractivity contribution >= 4 is 34.9 Å². The van der Waals surface area contributed by atoms with Crippen LogP contribution >= 0.6 is 22.9 Å². The maximum atomic E-state index is 12.2. The zero-order valence-corrected chi connectivity index (χ0v) is 16.8. The second-order valence-corrected chi connectivity index (χ2v) is 8.54. The van der Waals surface area contributed by atoms with Crippen molar-refractivity contribution in [2.45, 2.75) is 32.2 Å². The van der Waals surface area contributed by atoms with E-state index in [0.717, 1.165) is 19.3 Å². The quantitative estimate of drug-likeness (QED) is 0.774. The van der Waals surface area contributed by atoms with E-state index in [2.05, 4.69) is 5.32 Å². The highest BCUT2D eigenvalue weighted by atomic mass is 35.5. The number of nitrogens with one attached hydrogen (secondary N) is 1. The molecule has 1 aliphatic rings. The third-order valence-electron chi connectivity index (χ3n) is 4.68. The van der Waals surface area contributed by atoms with Crippen LogP contribution in [-0.4, -0.2) is 36.0 Å². The van der Waals surface area contributed by atoms with Gasteiger partial charge >= 0.3 is 6.09 Å². The fourth-order valence-electron chi connectivity index (χ4n) is 3.30. The van der Waals surface area contributed by atoms with Gasteiger partial charge in [-0.25, -0.2) is 4.79 Å². The van der Waals surface area contributed by atoms with Crippen LogP contribution in [0.2, 0.25) is 4.34 Å². The zero-order valence-electron chi connectivity index (χ0n) is 15.2.